The molecule has 7 heteroatoms. The highest BCUT2D eigenvalue weighted by Crippen LogP contribution is 2.13. The second kappa shape index (κ2) is 7.74. The first kappa shape index (κ1) is 16.9. The Hall–Kier alpha value is -2.96. The van der Waals surface area contributed by atoms with E-state index in [4.69, 9.17) is 0 Å². The van der Waals surface area contributed by atoms with Crippen LogP contribution in [0.5, 0.6) is 0 Å². The smallest absolute Gasteiger partial charge is 0.255 e. The monoisotopic (exact) mass is 339 g/mol. The van der Waals surface area contributed by atoms with Crippen LogP contribution in [-0.2, 0) is 11.3 Å². The number of piperazine rings is 1. The minimum atomic E-state index is -0.0582. The molecular formula is C18H21N5O2. The van der Waals surface area contributed by atoms with Gasteiger partial charge in [0.1, 0.15) is 0 Å². The number of anilines is 1. The van der Waals surface area contributed by atoms with Gasteiger partial charge in [0, 0.05) is 51.7 Å². The number of carbonyl (C=O) groups is 2. The van der Waals surface area contributed by atoms with Gasteiger partial charge in [0.15, 0.2) is 0 Å². The second-order valence-electron chi connectivity index (χ2n) is 5.94. The third-order valence-corrected chi connectivity index (χ3v) is 4.20. The number of aromatic nitrogens is 2. The third-order valence-electron chi connectivity index (χ3n) is 4.20. The quantitative estimate of drug-likeness (QED) is 0.911. The largest absolute Gasteiger partial charge is 0.378 e. The van der Waals surface area contributed by atoms with Gasteiger partial charge in [0.05, 0.1) is 23.5 Å². The molecule has 0 radical (unpaired) electrons. The lowest BCUT2D eigenvalue weighted by Crippen LogP contribution is -2.50. The topological polar surface area (TPSA) is 78.4 Å². The van der Waals surface area contributed by atoms with E-state index in [0.717, 1.165) is 11.4 Å². The molecule has 0 aromatic carbocycles. The maximum atomic E-state index is 12.6. The van der Waals surface area contributed by atoms with Gasteiger partial charge in [-0.15, -0.1) is 0 Å². The highest BCUT2D eigenvalue weighted by atomic mass is 16.2. The number of rotatable bonds is 4. The highest BCUT2D eigenvalue weighted by molar-refractivity contribution is 5.95. The van der Waals surface area contributed by atoms with Crippen molar-refractivity contribution in [3.05, 3.63) is 54.1 Å². The molecule has 1 aliphatic heterocycles. The van der Waals surface area contributed by atoms with E-state index in [9.17, 15) is 9.59 Å². The summed E-state index contributed by atoms with van der Waals surface area (Å²) in [5.41, 5.74) is 2.24. The van der Waals surface area contributed by atoms with E-state index < -0.39 is 0 Å². The van der Waals surface area contributed by atoms with Crippen LogP contribution in [-0.4, -0.2) is 57.8 Å². The summed E-state index contributed by atoms with van der Waals surface area (Å²) < 4.78 is 0. The average Bonchev–Trinajstić information content (AvgIpc) is 2.67. The number of nitrogens with one attached hydrogen (secondary N) is 1. The van der Waals surface area contributed by atoms with Gasteiger partial charge in [-0.1, -0.05) is 6.07 Å². The minimum absolute atomic E-state index is 0.0504. The van der Waals surface area contributed by atoms with Crippen LogP contribution in [0.1, 0.15) is 23.0 Å². The van der Waals surface area contributed by atoms with Crippen LogP contribution < -0.4 is 5.32 Å². The fraction of sp³-hybridized carbons (Fsp3) is 0.333. The van der Waals surface area contributed by atoms with Crippen LogP contribution in [0.3, 0.4) is 0 Å². The van der Waals surface area contributed by atoms with E-state index >= 15 is 0 Å². The summed E-state index contributed by atoms with van der Waals surface area (Å²) in [6, 6.07) is 7.54. The zero-order valence-electron chi connectivity index (χ0n) is 14.2. The molecule has 3 heterocycles. The van der Waals surface area contributed by atoms with E-state index in [2.05, 4.69) is 15.3 Å². The van der Waals surface area contributed by atoms with E-state index in [-0.39, 0.29) is 11.8 Å². The molecule has 0 saturated carbocycles. The van der Waals surface area contributed by atoms with E-state index in [1.54, 1.807) is 41.4 Å². The summed E-state index contributed by atoms with van der Waals surface area (Å²) in [5.74, 6) is -0.00771. The van der Waals surface area contributed by atoms with E-state index in [1.807, 2.05) is 18.2 Å². The van der Waals surface area contributed by atoms with Gasteiger partial charge in [-0.2, -0.15) is 0 Å². The molecule has 2 aromatic heterocycles. The molecule has 1 fully saturated rings. The fourth-order valence-electron chi connectivity index (χ4n) is 2.76. The van der Waals surface area contributed by atoms with Gasteiger partial charge in [0.2, 0.25) is 5.91 Å². The predicted octanol–water partition coefficient (Wildman–Crippen LogP) is 1.39. The molecule has 2 amide bonds. The Kier molecular flexibility index (Phi) is 5.23. The molecule has 0 bridgehead atoms. The Morgan fingerprint density at radius 1 is 1.12 bits per heavy atom. The van der Waals surface area contributed by atoms with E-state index in [0.29, 0.717) is 38.3 Å². The van der Waals surface area contributed by atoms with Gasteiger partial charge < -0.3 is 15.1 Å². The average molecular weight is 339 g/mol. The Morgan fingerprint density at radius 2 is 1.88 bits per heavy atom. The van der Waals surface area contributed by atoms with Gasteiger partial charge >= 0.3 is 0 Å². The molecule has 130 valence electrons. The lowest BCUT2D eigenvalue weighted by Gasteiger charge is -2.34. The predicted molar refractivity (Wildman–Crippen MR) is 94.0 cm³/mol. The van der Waals surface area contributed by atoms with Gasteiger partial charge in [-0.25, -0.2) is 0 Å². The number of pyridine rings is 2. The lowest BCUT2D eigenvalue weighted by molar-refractivity contribution is -0.130. The summed E-state index contributed by atoms with van der Waals surface area (Å²) in [6.07, 6.45) is 5.01. The first-order chi connectivity index (χ1) is 12.1. The van der Waals surface area contributed by atoms with Gasteiger partial charge in [0.25, 0.3) is 5.91 Å². The SMILES string of the molecule is CC(=O)N1CCN(C(=O)c2cncc(NCc3ccccn3)c2)CC1. The molecule has 0 atom stereocenters. The number of amides is 2. The Morgan fingerprint density at radius 3 is 2.56 bits per heavy atom. The van der Waals surface area contributed by atoms with E-state index in [1.165, 1.54) is 0 Å². The number of carbonyl (C=O) groups excluding carboxylic acids is 2. The van der Waals surface area contributed by atoms with Crippen LogP contribution in [0, 0.1) is 0 Å². The third kappa shape index (κ3) is 4.32. The van der Waals surface area contributed by atoms with Crippen LogP contribution in [0.4, 0.5) is 5.69 Å². The Labute approximate surface area is 146 Å². The molecule has 1 saturated heterocycles. The van der Waals surface area contributed by atoms with Gasteiger partial charge in [-0.3, -0.25) is 19.6 Å². The molecule has 2 aromatic rings. The summed E-state index contributed by atoms with van der Waals surface area (Å²) in [6.45, 7) is 4.36. The lowest BCUT2D eigenvalue weighted by atomic mass is 10.2. The first-order valence-electron chi connectivity index (χ1n) is 8.27. The zero-order valence-corrected chi connectivity index (χ0v) is 14.2. The van der Waals surface area contributed by atoms with Crippen molar-refractivity contribution in [1.29, 1.82) is 0 Å². The summed E-state index contributed by atoms with van der Waals surface area (Å²) >= 11 is 0. The molecule has 1 N–H and O–H groups in total. The fourth-order valence-corrected chi connectivity index (χ4v) is 2.76. The molecule has 0 unspecified atom stereocenters. The van der Waals surface area contributed by atoms with Crippen molar-refractivity contribution >= 4 is 17.5 Å². The molecule has 0 spiro atoms. The van der Waals surface area contributed by atoms with Crippen molar-refractivity contribution < 1.29 is 9.59 Å². The highest BCUT2D eigenvalue weighted by Gasteiger charge is 2.23. The first-order valence-corrected chi connectivity index (χ1v) is 8.27. The number of hydrogen-bond donors (Lipinski definition) is 1. The molecule has 7 nitrogen and oxygen atoms in total. The molecule has 1 aliphatic rings. The number of hydrogen-bond acceptors (Lipinski definition) is 5. The summed E-state index contributed by atoms with van der Waals surface area (Å²) in [7, 11) is 0. The normalized spacial score (nSPS) is 14.3. The molecule has 3 rings (SSSR count). The zero-order chi connectivity index (χ0) is 17.6. The van der Waals surface area contributed by atoms with Crippen molar-refractivity contribution in [3.8, 4) is 0 Å². The Bertz CT molecular complexity index is 742. The van der Waals surface area contributed by atoms with Gasteiger partial charge in [-0.05, 0) is 18.2 Å². The van der Waals surface area contributed by atoms with Crippen LogP contribution in [0.25, 0.3) is 0 Å². The van der Waals surface area contributed by atoms with Crippen LogP contribution >= 0.6 is 0 Å². The van der Waals surface area contributed by atoms with Crippen molar-refractivity contribution in [2.45, 2.75) is 13.5 Å². The van der Waals surface area contributed by atoms with Crippen molar-refractivity contribution in [2.75, 3.05) is 31.5 Å². The molecule has 0 aliphatic carbocycles. The van der Waals surface area contributed by atoms with Crippen molar-refractivity contribution in [3.63, 3.8) is 0 Å². The maximum Gasteiger partial charge on any atom is 0.255 e. The Balaban J connectivity index is 1.61. The summed E-state index contributed by atoms with van der Waals surface area (Å²) in [4.78, 5) is 36.0. The maximum absolute atomic E-state index is 12.6. The number of nitrogens with zero attached hydrogens (tertiary/aromatic N) is 4. The summed E-state index contributed by atoms with van der Waals surface area (Å²) in [5, 5.41) is 3.23. The van der Waals surface area contributed by atoms with Crippen molar-refractivity contribution in [1.82, 2.24) is 19.8 Å². The molecule has 25 heavy (non-hydrogen) atoms. The standard InChI is InChI=1S/C18H21N5O2/c1-14(24)22-6-8-23(9-7-22)18(25)15-10-17(12-19-11-15)21-13-16-4-2-3-5-20-16/h2-5,10-12,21H,6-9,13H2,1H3. The van der Waals surface area contributed by atoms with Crippen LogP contribution in [0.15, 0.2) is 42.9 Å². The molecular weight excluding hydrogens is 318 g/mol. The van der Waals surface area contributed by atoms with Crippen molar-refractivity contribution in [2.24, 2.45) is 0 Å². The van der Waals surface area contributed by atoms with Crippen LogP contribution in [0.2, 0.25) is 0 Å². The minimum Gasteiger partial charge on any atom is -0.378 e. The second-order valence-corrected chi connectivity index (χ2v) is 5.94.